The van der Waals surface area contributed by atoms with Crippen molar-refractivity contribution < 1.29 is 27.1 Å². The van der Waals surface area contributed by atoms with E-state index in [2.05, 4.69) is 0 Å². The first kappa shape index (κ1) is 13.0. The standard InChI is InChI=1S/C12H10F4O2/c13-10-2-1-7(5-9(10)12(14,15)16)11(17)8-3-4-18-6-8/h1-2,5,8H,3-4,6H2. The van der Waals surface area contributed by atoms with Crippen LogP contribution in [0.1, 0.15) is 22.3 Å². The van der Waals surface area contributed by atoms with Gasteiger partial charge in [-0.2, -0.15) is 13.2 Å². The minimum absolute atomic E-state index is 0.126. The van der Waals surface area contributed by atoms with E-state index in [0.717, 1.165) is 6.07 Å². The highest BCUT2D eigenvalue weighted by Gasteiger charge is 2.35. The van der Waals surface area contributed by atoms with Gasteiger partial charge in [-0.05, 0) is 24.6 Å². The van der Waals surface area contributed by atoms with Gasteiger partial charge in [0.05, 0.1) is 12.2 Å². The van der Waals surface area contributed by atoms with Gasteiger partial charge in [-0.25, -0.2) is 4.39 Å². The van der Waals surface area contributed by atoms with Crippen LogP contribution < -0.4 is 0 Å². The van der Waals surface area contributed by atoms with Crippen LogP contribution in [-0.4, -0.2) is 19.0 Å². The summed E-state index contributed by atoms with van der Waals surface area (Å²) in [4.78, 5) is 11.9. The van der Waals surface area contributed by atoms with Crippen molar-refractivity contribution in [3.8, 4) is 0 Å². The number of hydrogen-bond acceptors (Lipinski definition) is 2. The molecule has 98 valence electrons. The predicted octanol–water partition coefficient (Wildman–Crippen LogP) is 3.06. The van der Waals surface area contributed by atoms with E-state index >= 15 is 0 Å². The molecule has 0 radical (unpaired) electrons. The first-order chi connectivity index (χ1) is 8.39. The summed E-state index contributed by atoms with van der Waals surface area (Å²) in [6, 6.07) is 2.31. The van der Waals surface area contributed by atoms with Gasteiger partial charge in [0.15, 0.2) is 5.78 Å². The molecular weight excluding hydrogens is 252 g/mol. The minimum Gasteiger partial charge on any atom is -0.381 e. The normalized spacial score (nSPS) is 20.1. The number of rotatable bonds is 2. The quantitative estimate of drug-likeness (QED) is 0.604. The zero-order valence-electron chi connectivity index (χ0n) is 9.26. The molecule has 1 aliphatic rings. The lowest BCUT2D eigenvalue weighted by Gasteiger charge is -2.11. The molecule has 1 unspecified atom stereocenters. The van der Waals surface area contributed by atoms with Crippen LogP contribution in [0.5, 0.6) is 0 Å². The van der Waals surface area contributed by atoms with E-state index < -0.39 is 29.3 Å². The molecule has 2 nitrogen and oxygen atoms in total. The minimum atomic E-state index is -4.80. The highest BCUT2D eigenvalue weighted by Crippen LogP contribution is 2.32. The first-order valence-corrected chi connectivity index (χ1v) is 5.38. The summed E-state index contributed by atoms with van der Waals surface area (Å²) in [5, 5.41) is 0. The van der Waals surface area contributed by atoms with Gasteiger partial charge in [0.1, 0.15) is 5.82 Å². The number of hydrogen-bond donors (Lipinski definition) is 0. The van der Waals surface area contributed by atoms with Crippen molar-refractivity contribution in [1.29, 1.82) is 0 Å². The van der Waals surface area contributed by atoms with Crippen molar-refractivity contribution in [3.05, 3.63) is 35.1 Å². The second-order valence-corrected chi connectivity index (χ2v) is 4.12. The SMILES string of the molecule is O=C(c1ccc(F)c(C(F)(F)F)c1)C1CCOC1. The second-order valence-electron chi connectivity index (χ2n) is 4.12. The third-order valence-corrected chi connectivity index (χ3v) is 2.86. The van der Waals surface area contributed by atoms with Crippen LogP contribution in [0.15, 0.2) is 18.2 Å². The van der Waals surface area contributed by atoms with Crippen molar-refractivity contribution in [2.45, 2.75) is 12.6 Å². The number of Topliss-reactive ketones (excluding diaryl/α,β-unsaturated/α-hetero) is 1. The van der Waals surface area contributed by atoms with Crippen molar-refractivity contribution >= 4 is 5.78 Å². The third kappa shape index (κ3) is 2.53. The van der Waals surface area contributed by atoms with Crippen molar-refractivity contribution in [3.63, 3.8) is 0 Å². The van der Waals surface area contributed by atoms with Gasteiger partial charge in [-0.1, -0.05) is 0 Å². The molecule has 0 saturated carbocycles. The summed E-state index contributed by atoms with van der Waals surface area (Å²) < 4.78 is 55.5. The molecule has 0 aromatic heterocycles. The average Bonchev–Trinajstić information content (AvgIpc) is 2.80. The number of ketones is 1. The molecule has 6 heteroatoms. The zero-order valence-corrected chi connectivity index (χ0v) is 9.26. The van der Waals surface area contributed by atoms with Gasteiger partial charge < -0.3 is 4.74 Å². The number of carbonyl (C=O) groups excluding carboxylic acids is 1. The van der Waals surface area contributed by atoms with E-state index in [1.165, 1.54) is 0 Å². The largest absolute Gasteiger partial charge is 0.419 e. The second kappa shape index (κ2) is 4.68. The van der Waals surface area contributed by atoms with Gasteiger partial charge in [0, 0.05) is 18.1 Å². The third-order valence-electron chi connectivity index (χ3n) is 2.86. The summed E-state index contributed by atoms with van der Waals surface area (Å²) >= 11 is 0. The van der Waals surface area contributed by atoms with Crippen LogP contribution in [-0.2, 0) is 10.9 Å². The Labute approximate surface area is 101 Å². The molecule has 1 aromatic carbocycles. The van der Waals surface area contributed by atoms with Gasteiger partial charge in [-0.3, -0.25) is 4.79 Å². The highest BCUT2D eigenvalue weighted by molar-refractivity contribution is 5.98. The first-order valence-electron chi connectivity index (χ1n) is 5.38. The van der Waals surface area contributed by atoms with E-state index in [1.54, 1.807) is 0 Å². The smallest absolute Gasteiger partial charge is 0.381 e. The fourth-order valence-corrected chi connectivity index (χ4v) is 1.87. The molecule has 1 heterocycles. The number of benzene rings is 1. The van der Waals surface area contributed by atoms with E-state index in [-0.39, 0.29) is 12.2 Å². The van der Waals surface area contributed by atoms with Gasteiger partial charge in [-0.15, -0.1) is 0 Å². The monoisotopic (exact) mass is 262 g/mol. The summed E-state index contributed by atoms with van der Waals surface area (Å²) in [5.41, 5.74) is -1.54. The Morgan fingerprint density at radius 1 is 1.33 bits per heavy atom. The fourth-order valence-electron chi connectivity index (χ4n) is 1.87. The lowest BCUT2D eigenvalue weighted by Crippen LogP contribution is -2.16. The molecule has 0 aliphatic carbocycles. The number of alkyl halides is 3. The number of carbonyl (C=O) groups is 1. The molecule has 0 N–H and O–H groups in total. The molecule has 1 aliphatic heterocycles. The molecule has 1 fully saturated rings. The van der Waals surface area contributed by atoms with E-state index in [0.29, 0.717) is 25.2 Å². The Hall–Kier alpha value is -1.43. The molecule has 2 rings (SSSR count). The molecule has 0 bridgehead atoms. The molecule has 18 heavy (non-hydrogen) atoms. The average molecular weight is 262 g/mol. The predicted molar refractivity (Wildman–Crippen MR) is 54.7 cm³/mol. The van der Waals surface area contributed by atoms with Crippen LogP contribution in [0.4, 0.5) is 17.6 Å². The molecule has 1 atom stereocenters. The number of ether oxygens (including phenoxy) is 1. The van der Waals surface area contributed by atoms with Crippen LogP contribution in [0, 0.1) is 11.7 Å². The van der Waals surface area contributed by atoms with E-state index in [9.17, 15) is 22.4 Å². The highest BCUT2D eigenvalue weighted by atomic mass is 19.4. The number of halogens is 4. The van der Waals surface area contributed by atoms with Gasteiger partial charge in [0.25, 0.3) is 0 Å². The molecule has 1 saturated heterocycles. The zero-order chi connectivity index (χ0) is 13.3. The van der Waals surface area contributed by atoms with E-state index in [4.69, 9.17) is 4.74 Å². The van der Waals surface area contributed by atoms with Crippen LogP contribution >= 0.6 is 0 Å². The summed E-state index contributed by atoms with van der Waals surface area (Å²) in [7, 11) is 0. The molecular formula is C12H10F4O2. The van der Waals surface area contributed by atoms with Crippen LogP contribution in [0.2, 0.25) is 0 Å². The maximum atomic E-state index is 13.1. The summed E-state index contributed by atoms with van der Waals surface area (Å²) in [6.45, 7) is 0.626. The molecule has 1 aromatic rings. The van der Waals surface area contributed by atoms with Gasteiger partial charge in [0.2, 0.25) is 0 Å². The summed E-state index contributed by atoms with van der Waals surface area (Å²) in [5.74, 6) is -2.24. The van der Waals surface area contributed by atoms with E-state index in [1.807, 2.05) is 0 Å². The summed E-state index contributed by atoms with van der Waals surface area (Å²) in [6.07, 6.45) is -4.32. The lowest BCUT2D eigenvalue weighted by atomic mass is 9.95. The molecule has 0 spiro atoms. The van der Waals surface area contributed by atoms with Crippen molar-refractivity contribution in [2.24, 2.45) is 5.92 Å². The van der Waals surface area contributed by atoms with Crippen molar-refractivity contribution in [1.82, 2.24) is 0 Å². The van der Waals surface area contributed by atoms with Crippen LogP contribution in [0.25, 0.3) is 0 Å². The topological polar surface area (TPSA) is 26.3 Å². The molecule has 0 amide bonds. The Morgan fingerprint density at radius 2 is 2.06 bits per heavy atom. The van der Waals surface area contributed by atoms with Gasteiger partial charge >= 0.3 is 6.18 Å². The fraction of sp³-hybridized carbons (Fsp3) is 0.417. The Bertz CT molecular complexity index is 462. The maximum absolute atomic E-state index is 13.1. The lowest BCUT2D eigenvalue weighted by molar-refractivity contribution is -0.140. The Kier molecular flexibility index (Phi) is 3.38. The Balaban J connectivity index is 2.32. The van der Waals surface area contributed by atoms with Crippen LogP contribution in [0.3, 0.4) is 0 Å². The van der Waals surface area contributed by atoms with Crippen molar-refractivity contribution in [2.75, 3.05) is 13.2 Å². The Morgan fingerprint density at radius 3 is 2.61 bits per heavy atom. The maximum Gasteiger partial charge on any atom is 0.419 e.